The van der Waals surface area contributed by atoms with Gasteiger partial charge in [0, 0.05) is 6.61 Å². The van der Waals surface area contributed by atoms with Crippen molar-refractivity contribution < 1.29 is 9.13 Å². The predicted molar refractivity (Wildman–Crippen MR) is 72.8 cm³/mol. The molecule has 2 rings (SSSR count). The van der Waals surface area contributed by atoms with Crippen LogP contribution in [0.15, 0.2) is 18.2 Å². The predicted octanol–water partition coefficient (Wildman–Crippen LogP) is 3.65. The average Bonchev–Trinajstić information content (AvgIpc) is 2.57. The molecule has 0 aliphatic rings. The maximum Gasteiger partial charge on any atom is 0.178 e. The fourth-order valence-electron chi connectivity index (χ4n) is 2.12. The average molecular weight is 268 g/mol. The van der Waals surface area contributed by atoms with Crippen LogP contribution < -0.4 is 0 Å². The first-order chi connectivity index (χ1) is 8.44. The molecular formula is C13H17FN2OS. The van der Waals surface area contributed by atoms with Gasteiger partial charge in [-0.1, -0.05) is 6.07 Å². The van der Waals surface area contributed by atoms with Crippen molar-refractivity contribution in [3.05, 3.63) is 28.8 Å². The van der Waals surface area contributed by atoms with Gasteiger partial charge < -0.3 is 14.3 Å². The lowest BCUT2D eigenvalue weighted by Crippen LogP contribution is -2.30. The summed E-state index contributed by atoms with van der Waals surface area (Å²) in [6.07, 6.45) is 0. The first kappa shape index (κ1) is 13.2. The Labute approximate surface area is 111 Å². The molecule has 0 saturated carbocycles. The molecule has 1 aromatic heterocycles. The smallest absolute Gasteiger partial charge is 0.178 e. The number of H-pyrrole nitrogens is 1. The van der Waals surface area contributed by atoms with E-state index in [1.54, 1.807) is 6.07 Å². The van der Waals surface area contributed by atoms with Crippen molar-refractivity contribution in [2.75, 3.05) is 6.61 Å². The number of nitrogens with zero attached hydrogens (tertiary/aromatic N) is 1. The molecule has 0 amide bonds. The minimum Gasteiger partial charge on any atom is -0.374 e. The lowest BCUT2D eigenvalue weighted by atomic mass is 10.1. The second kappa shape index (κ2) is 4.82. The molecule has 0 fully saturated rings. The monoisotopic (exact) mass is 268 g/mol. The summed E-state index contributed by atoms with van der Waals surface area (Å²) < 4.78 is 21.7. The van der Waals surface area contributed by atoms with Gasteiger partial charge in [0.15, 0.2) is 4.77 Å². The number of halogens is 1. The molecule has 98 valence electrons. The number of hydrogen-bond acceptors (Lipinski definition) is 2. The highest BCUT2D eigenvalue weighted by Crippen LogP contribution is 2.21. The Morgan fingerprint density at radius 2 is 2.17 bits per heavy atom. The number of para-hydroxylation sites is 1. The number of aromatic amines is 1. The third-order valence-electron chi connectivity index (χ3n) is 2.83. The van der Waals surface area contributed by atoms with E-state index in [1.165, 1.54) is 6.07 Å². The van der Waals surface area contributed by atoms with Gasteiger partial charge >= 0.3 is 0 Å². The SMILES string of the molecule is CCOC(C)(C)Cn1c(=S)[nH]c2c(F)cccc21. The molecule has 2 aromatic rings. The van der Waals surface area contributed by atoms with E-state index < -0.39 is 0 Å². The molecule has 0 aliphatic carbocycles. The van der Waals surface area contributed by atoms with Gasteiger partial charge in [0.05, 0.1) is 17.7 Å². The van der Waals surface area contributed by atoms with Crippen molar-refractivity contribution in [3.63, 3.8) is 0 Å². The standard InChI is InChI=1S/C13H17FN2OS/c1-4-17-13(2,3)8-16-10-7-5-6-9(14)11(10)15-12(16)18/h5-7H,4,8H2,1-3H3,(H,15,18). The summed E-state index contributed by atoms with van der Waals surface area (Å²) in [5.41, 5.74) is 0.886. The zero-order chi connectivity index (χ0) is 13.3. The van der Waals surface area contributed by atoms with Gasteiger partial charge in [-0.3, -0.25) is 0 Å². The number of fused-ring (bicyclic) bond motifs is 1. The molecule has 1 heterocycles. The van der Waals surface area contributed by atoms with Gasteiger partial charge in [0.25, 0.3) is 0 Å². The Morgan fingerprint density at radius 3 is 2.83 bits per heavy atom. The molecule has 0 radical (unpaired) electrons. The largest absolute Gasteiger partial charge is 0.374 e. The molecule has 1 N–H and O–H groups in total. The fraction of sp³-hybridized carbons (Fsp3) is 0.462. The van der Waals surface area contributed by atoms with Gasteiger partial charge in [-0.15, -0.1) is 0 Å². The van der Waals surface area contributed by atoms with E-state index in [0.717, 1.165) is 5.52 Å². The highest BCUT2D eigenvalue weighted by atomic mass is 32.1. The normalized spacial score (nSPS) is 12.2. The van der Waals surface area contributed by atoms with Crippen LogP contribution in [-0.2, 0) is 11.3 Å². The van der Waals surface area contributed by atoms with Crippen molar-refractivity contribution in [1.82, 2.24) is 9.55 Å². The minimum absolute atomic E-state index is 0.286. The number of imidazole rings is 1. The second-order valence-electron chi connectivity index (χ2n) is 4.84. The Morgan fingerprint density at radius 1 is 1.44 bits per heavy atom. The van der Waals surface area contributed by atoms with Gasteiger partial charge in [0.2, 0.25) is 0 Å². The maximum atomic E-state index is 13.6. The summed E-state index contributed by atoms with van der Waals surface area (Å²) in [5, 5.41) is 0. The summed E-state index contributed by atoms with van der Waals surface area (Å²) >= 11 is 5.25. The molecule has 0 spiro atoms. The fourth-order valence-corrected chi connectivity index (χ4v) is 2.38. The number of nitrogens with one attached hydrogen (secondary N) is 1. The molecule has 0 saturated heterocycles. The third-order valence-corrected chi connectivity index (χ3v) is 3.16. The highest BCUT2D eigenvalue weighted by molar-refractivity contribution is 7.71. The summed E-state index contributed by atoms with van der Waals surface area (Å²) in [6, 6.07) is 4.96. The van der Waals surface area contributed by atoms with E-state index in [0.29, 0.717) is 23.4 Å². The molecule has 0 unspecified atom stereocenters. The van der Waals surface area contributed by atoms with Gasteiger partial charge in [0.1, 0.15) is 11.3 Å². The van der Waals surface area contributed by atoms with Crippen LogP contribution in [-0.4, -0.2) is 21.8 Å². The van der Waals surface area contributed by atoms with Crippen molar-refractivity contribution in [2.45, 2.75) is 32.9 Å². The van der Waals surface area contributed by atoms with Crippen molar-refractivity contribution in [1.29, 1.82) is 0 Å². The van der Waals surface area contributed by atoms with Crippen LogP contribution in [0.3, 0.4) is 0 Å². The first-order valence-corrected chi connectivity index (χ1v) is 6.36. The number of benzene rings is 1. The number of hydrogen-bond donors (Lipinski definition) is 1. The zero-order valence-electron chi connectivity index (χ0n) is 10.8. The van der Waals surface area contributed by atoms with Crippen LogP contribution in [0.2, 0.25) is 0 Å². The van der Waals surface area contributed by atoms with Crippen molar-refractivity contribution in [2.24, 2.45) is 0 Å². The quantitative estimate of drug-likeness (QED) is 0.858. The van der Waals surface area contributed by atoms with Crippen molar-refractivity contribution >= 4 is 23.3 Å². The van der Waals surface area contributed by atoms with E-state index in [-0.39, 0.29) is 11.4 Å². The van der Waals surface area contributed by atoms with E-state index in [2.05, 4.69) is 4.98 Å². The van der Waals surface area contributed by atoms with Crippen LogP contribution in [0.25, 0.3) is 11.0 Å². The summed E-state index contributed by atoms with van der Waals surface area (Å²) in [6.45, 7) is 7.17. The Hall–Kier alpha value is -1.20. The Kier molecular flexibility index (Phi) is 3.54. The van der Waals surface area contributed by atoms with Gasteiger partial charge in [-0.2, -0.15) is 0 Å². The van der Waals surface area contributed by atoms with Gasteiger partial charge in [-0.05, 0) is 45.1 Å². The Bertz CT molecular complexity index is 615. The summed E-state index contributed by atoms with van der Waals surface area (Å²) in [7, 11) is 0. The van der Waals surface area contributed by atoms with E-state index in [9.17, 15) is 4.39 Å². The van der Waals surface area contributed by atoms with Crippen LogP contribution in [0.5, 0.6) is 0 Å². The highest BCUT2D eigenvalue weighted by Gasteiger charge is 2.20. The van der Waals surface area contributed by atoms with Crippen molar-refractivity contribution in [3.8, 4) is 0 Å². The maximum absolute atomic E-state index is 13.6. The molecule has 1 aromatic carbocycles. The number of aromatic nitrogens is 2. The molecule has 18 heavy (non-hydrogen) atoms. The van der Waals surface area contributed by atoms with Crippen LogP contribution in [0, 0.1) is 10.6 Å². The molecular weight excluding hydrogens is 251 g/mol. The summed E-state index contributed by atoms with van der Waals surface area (Å²) in [4.78, 5) is 2.91. The second-order valence-corrected chi connectivity index (χ2v) is 5.23. The van der Waals surface area contributed by atoms with Crippen LogP contribution >= 0.6 is 12.2 Å². The summed E-state index contributed by atoms with van der Waals surface area (Å²) in [5.74, 6) is -0.286. The third kappa shape index (κ3) is 2.47. The lowest BCUT2D eigenvalue weighted by Gasteiger charge is -2.25. The molecule has 3 nitrogen and oxygen atoms in total. The van der Waals surface area contributed by atoms with Crippen LogP contribution in [0.1, 0.15) is 20.8 Å². The topological polar surface area (TPSA) is 29.9 Å². The molecule has 5 heteroatoms. The van der Waals surface area contributed by atoms with Crippen LogP contribution in [0.4, 0.5) is 4.39 Å². The Balaban J connectivity index is 2.49. The molecule has 0 aliphatic heterocycles. The first-order valence-electron chi connectivity index (χ1n) is 5.95. The molecule has 0 atom stereocenters. The lowest BCUT2D eigenvalue weighted by molar-refractivity contribution is -0.0219. The number of ether oxygens (including phenoxy) is 1. The number of rotatable bonds is 4. The molecule has 0 bridgehead atoms. The minimum atomic E-state index is -0.339. The zero-order valence-corrected chi connectivity index (χ0v) is 11.6. The van der Waals surface area contributed by atoms with E-state index in [4.69, 9.17) is 17.0 Å². The van der Waals surface area contributed by atoms with E-state index in [1.807, 2.05) is 31.4 Å². The van der Waals surface area contributed by atoms with E-state index >= 15 is 0 Å². The van der Waals surface area contributed by atoms with Gasteiger partial charge in [-0.25, -0.2) is 4.39 Å².